The Labute approximate surface area is 176 Å². The van der Waals surface area contributed by atoms with Gasteiger partial charge in [0.1, 0.15) is 0 Å². The van der Waals surface area contributed by atoms with E-state index in [4.69, 9.17) is 0 Å². The average Bonchev–Trinajstić information content (AvgIpc) is 3.02. The first-order chi connectivity index (χ1) is 14.3. The van der Waals surface area contributed by atoms with Crippen molar-refractivity contribution in [2.75, 3.05) is 11.1 Å². The van der Waals surface area contributed by atoms with Crippen molar-refractivity contribution in [3.05, 3.63) is 50.9 Å². The highest BCUT2D eigenvalue weighted by Gasteiger charge is 2.37. The number of hydrogen-bond donors (Lipinski definition) is 1. The lowest BCUT2D eigenvalue weighted by atomic mass is 10.1. The number of rotatable bonds is 4. The molecule has 0 aliphatic carbocycles. The van der Waals surface area contributed by atoms with Crippen LogP contribution < -0.4 is 10.9 Å². The van der Waals surface area contributed by atoms with Crippen molar-refractivity contribution in [2.24, 2.45) is 0 Å². The number of nitrogens with one attached hydrogen (secondary N) is 1. The van der Waals surface area contributed by atoms with Gasteiger partial charge in [-0.3, -0.25) is 14.2 Å². The van der Waals surface area contributed by atoms with Gasteiger partial charge in [0.2, 0.25) is 5.91 Å². The molecule has 0 spiro atoms. The lowest BCUT2D eigenvalue weighted by Gasteiger charge is -2.17. The SMILES string of the molecule is CCc1c(C)nc2n(c1=O)C(CC(=O)Nc1cc(C(F)(F)F)cc(C(F)(F)F)c1)CS2. The van der Waals surface area contributed by atoms with Crippen molar-refractivity contribution in [1.82, 2.24) is 9.55 Å². The van der Waals surface area contributed by atoms with Crippen LogP contribution in [0.25, 0.3) is 0 Å². The number of amides is 1. The standard InChI is InChI=1S/C19H17F6N3O2S/c1-3-14-9(2)26-17-28(16(14)30)13(8-31-17)7-15(29)27-12-5-10(18(20,21)22)4-11(6-12)19(23,24)25/h4-6,13H,3,7-8H2,1-2H3,(H,27,29). The van der Waals surface area contributed by atoms with Crippen LogP contribution in [0.1, 0.15) is 41.8 Å². The highest BCUT2D eigenvalue weighted by molar-refractivity contribution is 7.99. The quantitative estimate of drug-likeness (QED) is 0.519. The smallest absolute Gasteiger partial charge is 0.326 e. The third-order valence-corrected chi connectivity index (χ3v) is 5.90. The normalized spacial score (nSPS) is 16.3. The molecular formula is C19H17F6N3O2S. The van der Waals surface area contributed by atoms with Gasteiger partial charge < -0.3 is 5.32 Å². The summed E-state index contributed by atoms with van der Waals surface area (Å²) < 4.78 is 79.3. The predicted molar refractivity (Wildman–Crippen MR) is 102 cm³/mol. The fourth-order valence-electron chi connectivity index (χ4n) is 3.33. The van der Waals surface area contributed by atoms with E-state index in [-0.39, 0.29) is 18.0 Å². The number of carbonyl (C=O) groups is 1. The van der Waals surface area contributed by atoms with Gasteiger partial charge in [0.05, 0.1) is 17.2 Å². The Kier molecular flexibility index (Phi) is 6.14. The monoisotopic (exact) mass is 465 g/mol. The number of benzene rings is 1. The molecule has 0 saturated heterocycles. The topological polar surface area (TPSA) is 64.0 Å². The maximum atomic E-state index is 13.0. The van der Waals surface area contributed by atoms with Gasteiger partial charge in [0.25, 0.3) is 5.56 Å². The number of halogens is 6. The van der Waals surface area contributed by atoms with E-state index < -0.39 is 41.1 Å². The van der Waals surface area contributed by atoms with E-state index in [2.05, 4.69) is 10.3 Å². The summed E-state index contributed by atoms with van der Waals surface area (Å²) in [6, 6.07) is 0.256. The summed E-state index contributed by atoms with van der Waals surface area (Å²) in [6.07, 6.45) is -9.90. The molecule has 12 heteroatoms. The first-order valence-electron chi connectivity index (χ1n) is 9.15. The van der Waals surface area contributed by atoms with Crippen molar-refractivity contribution < 1.29 is 31.1 Å². The van der Waals surface area contributed by atoms with Crippen molar-refractivity contribution in [3.63, 3.8) is 0 Å². The zero-order valence-corrected chi connectivity index (χ0v) is 17.1. The lowest BCUT2D eigenvalue weighted by Crippen LogP contribution is -2.30. The number of aryl methyl sites for hydroxylation is 1. The first-order valence-corrected chi connectivity index (χ1v) is 10.1. The molecule has 1 aromatic carbocycles. The van der Waals surface area contributed by atoms with E-state index in [1.54, 1.807) is 13.8 Å². The molecule has 31 heavy (non-hydrogen) atoms. The highest BCUT2D eigenvalue weighted by atomic mass is 32.2. The van der Waals surface area contributed by atoms with Crippen LogP contribution in [0.5, 0.6) is 0 Å². The number of fused-ring (bicyclic) bond motifs is 1. The van der Waals surface area contributed by atoms with Gasteiger partial charge >= 0.3 is 12.4 Å². The van der Waals surface area contributed by atoms with E-state index in [1.165, 1.54) is 16.3 Å². The molecule has 1 amide bonds. The molecule has 0 radical (unpaired) electrons. The van der Waals surface area contributed by atoms with Crippen molar-refractivity contribution in [1.29, 1.82) is 0 Å². The summed E-state index contributed by atoms with van der Waals surface area (Å²) in [7, 11) is 0. The van der Waals surface area contributed by atoms with Crippen molar-refractivity contribution in [3.8, 4) is 0 Å². The summed E-state index contributed by atoms with van der Waals surface area (Å²) in [6.45, 7) is 3.49. The first kappa shape index (κ1) is 23.2. The van der Waals surface area contributed by atoms with E-state index in [9.17, 15) is 35.9 Å². The van der Waals surface area contributed by atoms with Crippen LogP contribution in [0, 0.1) is 6.92 Å². The second kappa shape index (κ2) is 8.21. The predicted octanol–water partition coefficient (Wildman–Crippen LogP) is 4.83. The number of alkyl halides is 6. The molecule has 1 atom stereocenters. The minimum atomic E-state index is -5.02. The summed E-state index contributed by atoms with van der Waals surface area (Å²) in [4.78, 5) is 29.5. The van der Waals surface area contributed by atoms with E-state index >= 15 is 0 Å². The molecule has 0 bridgehead atoms. The number of hydrogen-bond acceptors (Lipinski definition) is 4. The van der Waals surface area contributed by atoms with Gasteiger partial charge in [0, 0.05) is 29.1 Å². The molecule has 2 aromatic rings. The van der Waals surface area contributed by atoms with E-state index in [0.29, 0.717) is 40.7 Å². The molecular weight excluding hydrogens is 448 g/mol. The minimum absolute atomic E-state index is 0.0145. The Balaban J connectivity index is 1.86. The van der Waals surface area contributed by atoms with Crippen LogP contribution >= 0.6 is 11.8 Å². The molecule has 1 aliphatic rings. The van der Waals surface area contributed by atoms with Gasteiger partial charge in [-0.1, -0.05) is 18.7 Å². The molecule has 1 aromatic heterocycles. The molecule has 2 heterocycles. The molecule has 168 valence electrons. The Morgan fingerprint density at radius 3 is 2.26 bits per heavy atom. The molecule has 3 rings (SSSR count). The van der Waals surface area contributed by atoms with Gasteiger partial charge in [-0.25, -0.2) is 4.98 Å². The van der Waals surface area contributed by atoms with Crippen molar-refractivity contribution >= 4 is 23.4 Å². The maximum absolute atomic E-state index is 13.0. The Hall–Kier alpha value is -2.50. The molecule has 1 aliphatic heterocycles. The maximum Gasteiger partial charge on any atom is 0.416 e. The van der Waals surface area contributed by atoms with Crippen LogP contribution in [0.4, 0.5) is 32.0 Å². The lowest BCUT2D eigenvalue weighted by molar-refractivity contribution is -0.143. The Morgan fingerprint density at radius 2 is 1.74 bits per heavy atom. The van der Waals surface area contributed by atoms with Gasteiger partial charge in [-0.05, 0) is 31.5 Å². The summed E-state index contributed by atoms with van der Waals surface area (Å²) in [5, 5.41) is 2.53. The number of aromatic nitrogens is 2. The van der Waals surface area contributed by atoms with Gasteiger partial charge in [0.15, 0.2) is 5.16 Å². The summed E-state index contributed by atoms with van der Waals surface area (Å²) in [5.41, 5.74) is -2.90. The zero-order chi connectivity index (χ0) is 23.1. The Bertz CT molecular complexity index is 1050. The van der Waals surface area contributed by atoms with Gasteiger partial charge in [-0.15, -0.1) is 0 Å². The second-order valence-electron chi connectivity index (χ2n) is 7.00. The second-order valence-corrected chi connectivity index (χ2v) is 7.99. The molecule has 1 N–H and O–H groups in total. The van der Waals surface area contributed by atoms with E-state index in [1.807, 2.05) is 0 Å². The van der Waals surface area contributed by atoms with E-state index in [0.717, 1.165) is 0 Å². The molecule has 0 saturated carbocycles. The highest BCUT2D eigenvalue weighted by Crippen LogP contribution is 2.38. The number of thioether (sulfide) groups is 1. The molecule has 0 fully saturated rings. The zero-order valence-electron chi connectivity index (χ0n) is 16.3. The average molecular weight is 465 g/mol. The van der Waals surface area contributed by atoms with Crippen LogP contribution in [0.15, 0.2) is 28.2 Å². The summed E-state index contributed by atoms with van der Waals surface area (Å²) >= 11 is 1.26. The van der Waals surface area contributed by atoms with Gasteiger partial charge in [-0.2, -0.15) is 26.3 Å². The third-order valence-electron chi connectivity index (χ3n) is 4.80. The van der Waals surface area contributed by atoms with Crippen LogP contribution in [0.3, 0.4) is 0 Å². The van der Waals surface area contributed by atoms with Crippen molar-refractivity contribution in [2.45, 2.75) is 50.2 Å². The number of anilines is 1. The number of carbonyl (C=O) groups excluding carboxylic acids is 1. The molecule has 1 unspecified atom stereocenters. The fourth-order valence-corrected chi connectivity index (χ4v) is 4.51. The van der Waals surface area contributed by atoms with Crippen LogP contribution in [0.2, 0.25) is 0 Å². The number of nitrogens with zero attached hydrogens (tertiary/aromatic N) is 2. The summed E-state index contributed by atoms with van der Waals surface area (Å²) in [5.74, 6) is -0.477. The largest absolute Gasteiger partial charge is 0.416 e. The van der Waals surface area contributed by atoms with Crippen LogP contribution in [-0.4, -0.2) is 21.2 Å². The molecule has 5 nitrogen and oxygen atoms in total. The third kappa shape index (κ3) is 4.89. The minimum Gasteiger partial charge on any atom is -0.326 e. The Morgan fingerprint density at radius 1 is 1.16 bits per heavy atom. The fraction of sp³-hybridized carbons (Fsp3) is 0.421. The van der Waals surface area contributed by atoms with Crippen LogP contribution in [-0.2, 0) is 23.6 Å².